The van der Waals surface area contributed by atoms with E-state index in [2.05, 4.69) is 34.0 Å². The summed E-state index contributed by atoms with van der Waals surface area (Å²) in [6.45, 7) is 4.09. The Hall–Kier alpha value is -1.82. The number of carbonyl (C=O) groups is 1. The van der Waals surface area contributed by atoms with Crippen molar-refractivity contribution in [3.05, 3.63) is 62.9 Å². The number of carbonyl (C=O) groups excluding carboxylic acids is 1. The Balaban J connectivity index is 1.83. The SMILES string of the molecule is Cc1cc(C)c2c(CC(=O)Nc3cccc(I)c3)coc2c1. The molecule has 1 amide bonds. The minimum Gasteiger partial charge on any atom is -0.464 e. The molecule has 0 spiro atoms. The Labute approximate surface area is 142 Å². The molecule has 1 heterocycles. The lowest BCUT2D eigenvalue weighted by atomic mass is 10.0. The summed E-state index contributed by atoms with van der Waals surface area (Å²) in [7, 11) is 0. The van der Waals surface area contributed by atoms with Gasteiger partial charge in [0, 0.05) is 20.2 Å². The highest BCUT2D eigenvalue weighted by Gasteiger charge is 2.13. The van der Waals surface area contributed by atoms with Gasteiger partial charge in [0.05, 0.1) is 12.7 Å². The van der Waals surface area contributed by atoms with E-state index in [0.29, 0.717) is 6.42 Å². The molecule has 0 fully saturated rings. The number of fused-ring (bicyclic) bond motifs is 1. The Morgan fingerprint density at radius 1 is 1.23 bits per heavy atom. The smallest absolute Gasteiger partial charge is 0.228 e. The second-order valence-electron chi connectivity index (χ2n) is 5.45. The van der Waals surface area contributed by atoms with Crippen molar-refractivity contribution in [2.75, 3.05) is 5.32 Å². The molecule has 2 aromatic carbocycles. The van der Waals surface area contributed by atoms with Crippen molar-refractivity contribution >= 4 is 45.2 Å². The minimum atomic E-state index is -0.0373. The first-order valence-electron chi connectivity index (χ1n) is 7.05. The molecule has 112 valence electrons. The standard InChI is InChI=1S/C18H16INO2/c1-11-6-12(2)18-13(10-22-16(18)7-11)8-17(21)20-15-5-3-4-14(19)9-15/h3-7,9-10H,8H2,1-2H3,(H,20,21). The van der Waals surface area contributed by atoms with Crippen molar-refractivity contribution in [3.8, 4) is 0 Å². The third-order valence-corrected chi connectivity index (χ3v) is 4.22. The fourth-order valence-corrected chi connectivity index (χ4v) is 3.24. The summed E-state index contributed by atoms with van der Waals surface area (Å²) in [5.74, 6) is -0.0373. The van der Waals surface area contributed by atoms with Gasteiger partial charge in [-0.2, -0.15) is 0 Å². The number of aryl methyl sites for hydroxylation is 2. The molecule has 1 N–H and O–H groups in total. The molecular weight excluding hydrogens is 389 g/mol. The molecule has 0 aliphatic rings. The number of rotatable bonds is 3. The van der Waals surface area contributed by atoms with Crippen LogP contribution in [0.15, 0.2) is 47.1 Å². The highest BCUT2D eigenvalue weighted by atomic mass is 127. The molecular formula is C18H16INO2. The van der Waals surface area contributed by atoms with E-state index in [9.17, 15) is 4.79 Å². The van der Waals surface area contributed by atoms with Gasteiger partial charge >= 0.3 is 0 Å². The van der Waals surface area contributed by atoms with Gasteiger partial charge in [-0.25, -0.2) is 0 Å². The average Bonchev–Trinajstić information content (AvgIpc) is 2.81. The number of amides is 1. The second kappa shape index (κ2) is 6.12. The van der Waals surface area contributed by atoms with Crippen LogP contribution in [0.5, 0.6) is 0 Å². The van der Waals surface area contributed by atoms with Crippen LogP contribution in [0.25, 0.3) is 11.0 Å². The Morgan fingerprint density at radius 2 is 2.05 bits per heavy atom. The van der Waals surface area contributed by atoms with Crippen molar-refractivity contribution in [2.45, 2.75) is 20.3 Å². The lowest BCUT2D eigenvalue weighted by Gasteiger charge is -2.06. The molecule has 0 saturated heterocycles. The van der Waals surface area contributed by atoms with Crippen LogP contribution in [0.2, 0.25) is 0 Å². The van der Waals surface area contributed by atoms with Crippen molar-refractivity contribution < 1.29 is 9.21 Å². The predicted molar refractivity (Wildman–Crippen MR) is 97.2 cm³/mol. The number of benzene rings is 2. The second-order valence-corrected chi connectivity index (χ2v) is 6.70. The van der Waals surface area contributed by atoms with Crippen molar-refractivity contribution in [3.63, 3.8) is 0 Å². The molecule has 0 unspecified atom stereocenters. The molecule has 0 radical (unpaired) electrons. The molecule has 3 rings (SSSR count). The van der Waals surface area contributed by atoms with Crippen LogP contribution < -0.4 is 5.32 Å². The molecule has 4 heteroatoms. The fraction of sp³-hybridized carbons (Fsp3) is 0.167. The zero-order valence-electron chi connectivity index (χ0n) is 12.4. The fourth-order valence-electron chi connectivity index (χ4n) is 2.70. The van der Waals surface area contributed by atoms with Crippen LogP contribution >= 0.6 is 22.6 Å². The summed E-state index contributed by atoms with van der Waals surface area (Å²) in [6, 6.07) is 11.9. The maximum absolute atomic E-state index is 12.3. The van der Waals surface area contributed by atoms with Gasteiger partial charge in [0.25, 0.3) is 0 Å². The summed E-state index contributed by atoms with van der Waals surface area (Å²) >= 11 is 2.23. The van der Waals surface area contributed by atoms with E-state index in [1.165, 1.54) is 0 Å². The monoisotopic (exact) mass is 405 g/mol. The lowest BCUT2D eigenvalue weighted by Crippen LogP contribution is -2.14. The van der Waals surface area contributed by atoms with Crippen molar-refractivity contribution in [1.29, 1.82) is 0 Å². The third kappa shape index (κ3) is 3.16. The average molecular weight is 405 g/mol. The van der Waals surface area contributed by atoms with Gasteiger partial charge in [0.15, 0.2) is 0 Å². The number of nitrogens with one attached hydrogen (secondary N) is 1. The van der Waals surface area contributed by atoms with Gasteiger partial charge in [0.2, 0.25) is 5.91 Å². The number of halogens is 1. The van der Waals surface area contributed by atoms with E-state index in [0.717, 1.165) is 36.9 Å². The summed E-state index contributed by atoms with van der Waals surface area (Å²) in [4.78, 5) is 12.3. The van der Waals surface area contributed by atoms with E-state index in [1.807, 2.05) is 44.2 Å². The van der Waals surface area contributed by atoms with E-state index >= 15 is 0 Å². The third-order valence-electron chi connectivity index (χ3n) is 3.55. The first-order chi connectivity index (χ1) is 10.5. The number of anilines is 1. The summed E-state index contributed by atoms with van der Waals surface area (Å²) in [5, 5.41) is 3.98. The first kappa shape index (κ1) is 15.1. The van der Waals surface area contributed by atoms with E-state index in [-0.39, 0.29) is 5.91 Å². The maximum Gasteiger partial charge on any atom is 0.228 e. The van der Waals surface area contributed by atoms with Crippen LogP contribution in [-0.2, 0) is 11.2 Å². The molecule has 0 aliphatic heterocycles. The summed E-state index contributed by atoms with van der Waals surface area (Å²) < 4.78 is 6.69. The van der Waals surface area contributed by atoms with Crippen LogP contribution in [-0.4, -0.2) is 5.91 Å². The zero-order chi connectivity index (χ0) is 15.7. The van der Waals surface area contributed by atoms with Crippen LogP contribution in [0.3, 0.4) is 0 Å². The van der Waals surface area contributed by atoms with Gasteiger partial charge in [0.1, 0.15) is 5.58 Å². The van der Waals surface area contributed by atoms with E-state index in [4.69, 9.17) is 4.42 Å². The van der Waals surface area contributed by atoms with Crippen LogP contribution in [0.1, 0.15) is 16.7 Å². The van der Waals surface area contributed by atoms with Crippen molar-refractivity contribution in [2.24, 2.45) is 0 Å². The van der Waals surface area contributed by atoms with E-state index in [1.54, 1.807) is 6.26 Å². The van der Waals surface area contributed by atoms with E-state index < -0.39 is 0 Å². The molecule has 1 aromatic heterocycles. The molecule has 0 atom stereocenters. The Bertz CT molecular complexity index is 851. The quantitative estimate of drug-likeness (QED) is 0.634. The maximum atomic E-state index is 12.3. The summed E-state index contributed by atoms with van der Waals surface area (Å²) in [5.41, 5.74) is 4.89. The van der Waals surface area contributed by atoms with Gasteiger partial charge < -0.3 is 9.73 Å². The predicted octanol–water partition coefficient (Wildman–Crippen LogP) is 4.84. The molecule has 3 nitrogen and oxygen atoms in total. The Kier molecular flexibility index (Phi) is 4.20. The van der Waals surface area contributed by atoms with Crippen molar-refractivity contribution in [1.82, 2.24) is 0 Å². The first-order valence-corrected chi connectivity index (χ1v) is 8.13. The van der Waals surface area contributed by atoms with Gasteiger partial charge in [-0.1, -0.05) is 12.1 Å². The summed E-state index contributed by atoms with van der Waals surface area (Å²) in [6.07, 6.45) is 1.99. The Morgan fingerprint density at radius 3 is 2.82 bits per heavy atom. The lowest BCUT2D eigenvalue weighted by molar-refractivity contribution is -0.115. The van der Waals surface area contributed by atoms with Crippen LogP contribution in [0.4, 0.5) is 5.69 Å². The topological polar surface area (TPSA) is 42.2 Å². The number of hydrogen-bond donors (Lipinski definition) is 1. The van der Waals surface area contributed by atoms with Crippen LogP contribution in [0, 0.1) is 17.4 Å². The molecule has 22 heavy (non-hydrogen) atoms. The molecule has 0 bridgehead atoms. The number of furan rings is 1. The molecule has 0 saturated carbocycles. The molecule has 3 aromatic rings. The normalized spacial score (nSPS) is 10.9. The highest BCUT2D eigenvalue weighted by molar-refractivity contribution is 14.1. The largest absolute Gasteiger partial charge is 0.464 e. The minimum absolute atomic E-state index is 0.0373. The van der Waals surface area contributed by atoms with Gasteiger partial charge in [-0.15, -0.1) is 0 Å². The van der Waals surface area contributed by atoms with Gasteiger partial charge in [-0.3, -0.25) is 4.79 Å². The van der Waals surface area contributed by atoms with Gasteiger partial charge in [-0.05, 0) is 71.8 Å². The number of hydrogen-bond acceptors (Lipinski definition) is 2. The zero-order valence-corrected chi connectivity index (χ0v) is 14.6. The molecule has 0 aliphatic carbocycles. The highest BCUT2D eigenvalue weighted by Crippen LogP contribution is 2.27.